The van der Waals surface area contributed by atoms with E-state index in [2.05, 4.69) is 6.07 Å². The van der Waals surface area contributed by atoms with Gasteiger partial charge >= 0.3 is 5.97 Å². The Kier molecular flexibility index (Phi) is 8.72. The van der Waals surface area contributed by atoms with Gasteiger partial charge in [0.05, 0.1) is 12.2 Å². The molecule has 3 rings (SSSR count). The van der Waals surface area contributed by atoms with E-state index in [4.69, 9.17) is 21.1 Å². The Hall–Kier alpha value is -3.23. The summed E-state index contributed by atoms with van der Waals surface area (Å²) >= 11 is 6.16. The fourth-order valence-corrected chi connectivity index (χ4v) is 3.34. The molecule has 0 aliphatic carbocycles. The van der Waals surface area contributed by atoms with Crippen LogP contribution in [0.2, 0.25) is 5.02 Å². The van der Waals surface area contributed by atoms with E-state index < -0.39 is 5.97 Å². The number of ether oxygens (including phenoxy) is 2. The number of nitriles is 1. The SMILES string of the molecule is CC.CCOC(=O)c1c(-c2ccc(OCc3ccccc3Cl)cc2)c(C#N)c(C)n1C. The fraction of sp³-hybridized carbons (Fsp3) is 0.280. The Morgan fingerprint density at radius 2 is 1.77 bits per heavy atom. The van der Waals surface area contributed by atoms with Crippen molar-refractivity contribution in [1.29, 1.82) is 5.26 Å². The van der Waals surface area contributed by atoms with Gasteiger partial charge < -0.3 is 14.0 Å². The lowest BCUT2D eigenvalue weighted by atomic mass is 10.0. The van der Waals surface area contributed by atoms with Crippen LogP contribution in [-0.4, -0.2) is 17.1 Å². The molecule has 0 bridgehead atoms. The Morgan fingerprint density at radius 1 is 1.13 bits per heavy atom. The number of aromatic nitrogens is 1. The third kappa shape index (κ3) is 5.28. The second kappa shape index (κ2) is 11.2. The van der Waals surface area contributed by atoms with Crippen molar-refractivity contribution >= 4 is 17.6 Å². The van der Waals surface area contributed by atoms with Gasteiger partial charge in [0.25, 0.3) is 0 Å². The lowest BCUT2D eigenvalue weighted by Gasteiger charge is -2.10. The van der Waals surface area contributed by atoms with Gasteiger partial charge in [0.1, 0.15) is 24.1 Å². The van der Waals surface area contributed by atoms with Gasteiger partial charge in [-0.2, -0.15) is 5.26 Å². The van der Waals surface area contributed by atoms with Crippen LogP contribution in [0.1, 0.15) is 48.1 Å². The third-order valence-electron chi connectivity index (χ3n) is 4.76. The number of carbonyl (C=O) groups is 1. The first kappa shape index (κ1) is 24.0. The van der Waals surface area contributed by atoms with Crippen LogP contribution in [0.15, 0.2) is 48.5 Å². The zero-order valence-corrected chi connectivity index (χ0v) is 19.3. The standard InChI is InChI=1S/C23H21ClN2O3.C2H6/c1-4-28-23(27)22-21(19(13-25)15(2)26(22)3)16-9-11-18(12-10-16)29-14-17-7-5-6-8-20(17)24;1-2/h5-12H,4,14H2,1-3H3;1-2H3. The summed E-state index contributed by atoms with van der Waals surface area (Å²) in [4.78, 5) is 12.5. The molecule has 5 nitrogen and oxygen atoms in total. The number of benzene rings is 2. The summed E-state index contributed by atoms with van der Waals surface area (Å²) in [6, 6.07) is 17.0. The monoisotopic (exact) mass is 438 g/mol. The number of carbonyl (C=O) groups excluding carboxylic acids is 1. The quantitative estimate of drug-likeness (QED) is 0.423. The summed E-state index contributed by atoms with van der Waals surface area (Å²) in [5.41, 5.74) is 3.76. The molecule has 2 aromatic carbocycles. The molecule has 162 valence electrons. The molecule has 1 aromatic heterocycles. The molecular weight excluding hydrogens is 412 g/mol. The van der Waals surface area contributed by atoms with Crippen molar-refractivity contribution in [2.75, 3.05) is 6.61 Å². The van der Waals surface area contributed by atoms with Crippen molar-refractivity contribution in [1.82, 2.24) is 4.57 Å². The smallest absolute Gasteiger partial charge is 0.355 e. The molecule has 6 heteroatoms. The number of rotatable bonds is 6. The summed E-state index contributed by atoms with van der Waals surface area (Å²) < 4.78 is 12.7. The molecule has 0 spiro atoms. The summed E-state index contributed by atoms with van der Waals surface area (Å²) in [5, 5.41) is 10.3. The minimum Gasteiger partial charge on any atom is -0.489 e. The van der Waals surface area contributed by atoms with Gasteiger partial charge in [0.2, 0.25) is 0 Å². The minimum absolute atomic E-state index is 0.263. The number of hydrogen-bond donors (Lipinski definition) is 0. The number of halogens is 1. The molecule has 0 aliphatic rings. The summed E-state index contributed by atoms with van der Waals surface area (Å²) in [6.45, 7) is 8.18. The van der Waals surface area contributed by atoms with E-state index in [-0.39, 0.29) is 6.61 Å². The molecule has 0 atom stereocenters. The van der Waals surface area contributed by atoms with Crippen molar-refractivity contribution in [2.24, 2.45) is 7.05 Å². The molecular formula is C25H27ClN2O3. The van der Waals surface area contributed by atoms with Crippen LogP contribution < -0.4 is 4.74 Å². The molecule has 0 N–H and O–H groups in total. The van der Waals surface area contributed by atoms with E-state index in [0.717, 1.165) is 11.1 Å². The second-order valence-electron chi connectivity index (χ2n) is 6.48. The van der Waals surface area contributed by atoms with Crippen LogP contribution in [0.3, 0.4) is 0 Å². The van der Waals surface area contributed by atoms with Crippen LogP contribution in [-0.2, 0) is 18.4 Å². The number of hydrogen-bond acceptors (Lipinski definition) is 4. The van der Waals surface area contributed by atoms with Gasteiger partial charge in [0.15, 0.2) is 0 Å². The van der Waals surface area contributed by atoms with Gasteiger partial charge in [-0.1, -0.05) is 55.8 Å². The van der Waals surface area contributed by atoms with Gasteiger partial charge in [-0.3, -0.25) is 0 Å². The first-order chi connectivity index (χ1) is 15.0. The van der Waals surface area contributed by atoms with Crippen molar-refractivity contribution in [3.63, 3.8) is 0 Å². The normalized spacial score (nSPS) is 9.97. The van der Waals surface area contributed by atoms with E-state index in [9.17, 15) is 10.1 Å². The molecule has 0 fully saturated rings. The first-order valence-electron chi connectivity index (χ1n) is 10.2. The van der Waals surface area contributed by atoms with E-state index >= 15 is 0 Å². The Morgan fingerprint density at radius 3 is 2.35 bits per heavy atom. The Labute approximate surface area is 188 Å². The maximum absolute atomic E-state index is 12.5. The van der Waals surface area contributed by atoms with Gasteiger partial charge in [-0.05, 0) is 37.6 Å². The van der Waals surface area contributed by atoms with Crippen molar-refractivity contribution in [3.8, 4) is 22.9 Å². The van der Waals surface area contributed by atoms with E-state index in [1.807, 2.05) is 69.3 Å². The molecule has 0 unspecified atom stereocenters. The van der Waals surface area contributed by atoms with E-state index in [1.165, 1.54) is 0 Å². The molecule has 0 saturated carbocycles. The van der Waals surface area contributed by atoms with E-state index in [1.54, 1.807) is 18.5 Å². The topological polar surface area (TPSA) is 64.2 Å². The molecule has 0 aliphatic heterocycles. The third-order valence-corrected chi connectivity index (χ3v) is 5.13. The summed E-state index contributed by atoms with van der Waals surface area (Å²) in [5.74, 6) is 0.214. The molecule has 0 radical (unpaired) electrons. The lowest BCUT2D eigenvalue weighted by molar-refractivity contribution is 0.0516. The van der Waals surface area contributed by atoms with Crippen LogP contribution in [0.4, 0.5) is 0 Å². The lowest BCUT2D eigenvalue weighted by Crippen LogP contribution is -2.11. The molecule has 3 aromatic rings. The summed E-state index contributed by atoms with van der Waals surface area (Å²) in [6.07, 6.45) is 0. The predicted molar refractivity (Wildman–Crippen MR) is 123 cm³/mol. The Balaban J connectivity index is 0.00000166. The molecule has 0 amide bonds. The molecule has 1 heterocycles. The minimum atomic E-state index is -0.450. The zero-order chi connectivity index (χ0) is 23.0. The predicted octanol–water partition coefficient (Wildman–Crippen LogP) is 6.31. The highest BCUT2D eigenvalue weighted by atomic mass is 35.5. The zero-order valence-electron chi connectivity index (χ0n) is 18.5. The number of nitrogens with zero attached hydrogens (tertiary/aromatic N) is 2. The van der Waals surface area contributed by atoms with Gasteiger partial charge in [-0.15, -0.1) is 0 Å². The molecule has 31 heavy (non-hydrogen) atoms. The second-order valence-corrected chi connectivity index (χ2v) is 6.89. The van der Waals surface area contributed by atoms with Crippen LogP contribution in [0.5, 0.6) is 5.75 Å². The van der Waals surface area contributed by atoms with Crippen LogP contribution in [0, 0.1) is 18.3 Å². The maximum atomic E-state index is 12.5. The average Bonchev–Trinajstić information content (AvgIpc) is 3.05. The first-order valence-corrected chi connectivity index (χ1v) is 10.6. The highest BCUT2D eigenvalue weighted by Crippen LogP contribution is 2.33. The average molecular weight is 439 g/mol. The van der Waals surface area contributed by atoms with Crippen LogP contribution in [0.25, 0.3) is 11.1 Å². The van der Waals surface area contributed by atoms with Crippen LogP contribution >= 0.6 is 11.6 Å². The maximum Gasteiger partial charge on any atom is 0.355 e. The largest absolute Gasteiger partial charge is 0.489 e. The van der Waals surface area contributed by atoms with Crippen molar-refractivity contribution in [3.05, 3.63) is 76.1 Å². The highest BCUT2D eigenvalue weighted by molar-refractivity contribution is 6.31. The van der Waals surface area contributed by atoms with Crippen molar-refractivity contribution in [2.45, 2.75) is 34.3 Å². The van der Waals surface area contributed by atoms with Gasteiger partial charge in [-0.25, -0.2) is 4.79 Å². The van der Waals surface area contributed by atoms with Gasteiger partial charge in [0, 0.05) is 28.9 Å². The Bertz CT molecular complexity index is 1080. The fourth-order valence-electron chi connectivity index (χ4n) is 3.15. The molecule has 0 saturated heterocycles. The number of esters is 1. The summed E-state index contributed by atoms with van der Waals surface area (Å²) in [7, 11) is 1.76. The highest BCUT2D eigenvalue weighted by Gasteiger charge is 2.25. The van der Waals surface area contributed by atoms with E-state index in [0.29, 0.717) is 39.9 Å². The van der Waals surface area contributed by atoms with Crippen molar-refractivity contribution < 1.29 is 14.3 Å².